The highest BCUT2D eigenvalue weighted by atomic mass is 35.5. The third-order valence-corrected chi connectivity index (χ3v) is 4.26. The quantitative estimate of drug-likeness (QED) is 0.933. The van der Waals surface area contributed by atoms with Gasteiger partial charge in [0, 0.05) is 43.9 Å². The summed E-state index contributed by atoms with van der Waals surface area (Å²) >= 11 is 5.91. The van der Waals surface area contributed by atoms with Gasteiger partial charge in [-0.3, -0.25) is 4.90 Å². The van der Waals surface area contributed by atoms with Crippen LogP contribution < -0.4 is 4.90 Å². The number of carbonyl (C=O) groups is 1. The lowest BCUT2D eigenvalue weighted by Crippen LogP contribution is -2.46. The molecule has 1 saturated heterocycles. The molecule has 1 aromatic carbocycles. The van der Waals surface area contributed by atoms with Gasteiger partial charge in [0.05, 0.1) is 0 Å². The molecule has 1 aromatic heterocycles. The lowest BCUT2D eigenvalue weighted by molar-refractivity contribution is 0.0697. The number of carboxylic acid groups (broad SMARTS) is 1. The summed E-state index contributed by atoms with van der Waals surface area (Å²) in [5.74, 6) is -0.372. The van der Waals surface area contributed by atoms with E-state index in [2.05, 4.69) is 9.88 Å². The summed E-state index contributed by atoms with van der Waals surface area (Å²) in [7, 11) is 0. The Kier molecular flexibility index (Phi) is 4.79. The van der Waals surface area contributed by atoms with E-state index < -0.39 is 5.97 Å². The van der Waals surface area contributed by atoms with Crippen LogP contribution in [-0.4, -0.2) is 47.1 Å². The van der Waals surface area contributed by atoms with Crippen LogP contribution in [-0.2, 0) is 6.54 Å². The van der Waals surface area contributed by atoms with Crippen molar-refractivity contribution in [3.63, 3.8) is 0 Å². The van der Waals surface area contributed by atoms with Crippen LogP contribution in [0.3, 0.4) is 0 Å². The molecule has 23 heavy (non-hydrogen) atoms. The molecule has 0 bridgehead atoms. The summed E-state index contributed by atoms with van der Waals surface area (Å²) in [5.41, 5.74) is 1.49. The number of aromatic nitrogens is 1. The van der Waals surface area contributed by atoms with E-state index in [9.17, 15) is 9.90 Å². The predicted octanol–water partition coefficient (Wildman–Crippen LogP) is 2.76. The molecule has 0 aliphatic carbocycles. The van der Waals surface area contributed by atoms with Crippen LogP contribution in [0.2, 0.25) is 5.02 Å². The summed E-state index contributed by atoms with van der Waals surface area (Å²) in [6, 6.07) is 11.1. The molecule has 0 saturated carbocycles. The molecule has 0 radical (unpaired) electrons. The van der Waals surface area contributed by atoms with E-state index in [1.54, 1.807) is 18.3 Å². The van der Waals surface area contributed by atoms with E-state index in [1.165, 1.54) is 5.56 Å². The molecule has 0 atom stereocenters. The van der Waals surface area contributed by atoms with Gasteiger partial charge in [-0.15, -0.1) is 0 Å². The lowest BCUT2D eigenvalue weighted by atomic mass is 10.2. The van der Waals surface area contributed by atoms with Gasteiger partial charge in [0.25, 0.3) is 0 Å². The summed E-state index contributed by atoms with van der Waals surface area (Å²) in [4.78, 5) is 20.0. The van der Waals surface area contributed by atoms with E-state index in [0.29, 0.717) is 5.82 Å². The number of aromatic carboxylic acids is 1. The van der Waals surface area contributed by atoms with Gasteiger partial charge < -0.3 is 10.0 Å². The Morgan fingerprint density at radius 2 is 1.83 bits per heavy atom. The van der Waals surface area contributed by atoms with Gasteiger partial charge >= 0.3 is 5.97 Å². The van der Waals surface area contributed by atoms with Crippen molar-refractivity contribution in [3.05, 3.63) is 58.7 Å². The Bertz CT molecular complexity index is 682. The van der Waals surface area contributed by atoms with E-state index >= 15 is 0 Å². The maximum atomic E-state index is 11.3. The van der Waals surface area contributed by atoms with Crippen molar-refractivity contribution in [2.24, 2.45) is 0 Å². The van der Waals surface area contributed by atoms with Gasteiger partial charge in [0.2, 0.25) is 0 Å². The topological polar surface area (TPSA) is 56.7 Å². The first-order valence-electron chi connectivity index (χ1n) is 7.53. The molecule has 6 heteroatoms. The van der Waals surface area contributed by atoms with Gasteiger partial charge in [0.1, 0.15) is 11.4 Å². The lowest BCUT2D eigenvalue weighted by Gasteiger charge is -2.35. The zero-order valence-electron chi connectivity index (χ0n) is 12.7. The summed E-state index contributed by atoms with van der Waals surface area (Å²) in [6.07, 6.45) is 1.64. The molecular weight excluding hydrogens is 314 g/mol. The van der Waals surface area contributed by atoms with Gasteiger partial charge in [-0.05, 0) is 29.8 Å². The highest BCUT2D eigenvalue weighted by Gasteiger charge is 2.22. The summed E-state index contributed by atoms with van der Waals surface area (Å²) in [5, 5.41) is 10.0. The first kappa shape index (κ1) is 15.8. The zero-order valence-corrected chi connectivity index (χ0v) is 13.4. The molecule has 120 valence electrons. The highest BCUT2D eigenvalue weighted by Crippen LogP contribution is 2.20. The van der Waals surface area contributed by atoms with Crippen LogP contribution >= 0.6 is 11.6 Å². The van der Waals surface area contributed by atoms with Crippen molar-refractivity contribution in [2.75, 3.05) is 31.1 Å². The molecule has 1 fully saturated rings. The first-order valence-corrected chi connectivity index (χ1v) is 7.91. The van der Waals surface area contributed by atoms with Crippen LogP contribution in [0.1, 0.15) is 15.9 Å². The predicted molar refractivity (Wildman–Crippen MR) is 90.1 cm³/mol. The number of halogens is 1. The SMILES string of the molecule is O=C(O)c1cccnc1N1CCN(Cc2ccc(Cl)cc2)CC1. The van der Waals surface area contributed by atoms with Crippen molar-refractivity contribution in [3.8, 4) is 0 Å². The fourth-order valence-electron chi connectivity index (χ4n) is 2.78. The first-order chi connectivity index (χ1) is 11.1. The highest BCUT2D eigenvalue weighted by molar-refractivity contribution is 6.30. The second kappa shape index (κ2) is 6.98. The molecule has 1 aliphatic rings. The zero-order chi connectivity index (χ0) is 16.2. The van der Waals surface area contributed by atoms with Crippen molar-refractivity contribution in [1.82, 2.24) is 9.88 Å². The second-order valence-electron chi connectivity index (χ2n) is 5.57. The molecule has 0 spiro atoms. The van der Waals surface area contributed by atoms with E-state index in [-0.39, 0.29) is 5.56 Å². The minimum absolute atomic E-state index is 0.263. The number of pyridine rings is 1. The molecule has 0 amide bonds. The Balaban J connectivity index is 1.62. The molecule has 2 heterocycles. The molecule has 1 aliphatic heterocycles. The van der Waals surface area contributed by atoms with Crippen LogP contribution in [0.5, 0.6) is 0 Å². The third-order valence-electron chi connectivity index (χ3n) is 4.01. The van der Waals surface area contributed by atoms with Gasteiger partial charge in [0.15, 0.2) is 0 Å². The normalized spacial score (nSPS) is 15.6. The van der Waals surface area contributed by atoms with Gasteiger partial charge in [-0.2, -0.15) is 0 Å². The number of rotatable bonds is 4. The Hall–Kier alpha value is -2.11. The number of anilines is 1. The summed E-state index contributed by atoms with van der Waals surface area (Å²) < 4.78 is 0. The van der Waals surface area contributed by atoms with Gasteiger partial charge in [-0.1, -0.05) is 23.7 Å². The van der Waals surface area contributed by atoms with E-state index in [4.69, 9.17) is 11.6 Å². The van der Waals surface area contributed by atoms with Crippen molar-refractivity contribution in [1.29, 1.82) is 0 Å². The number of hydrogen-bond donors (Lipinski definition) is 1. The Labute approximate surface area is 140 Å². The van der Waals surface area contributed by atoms with E-state index in [0.717, 1.165) is 37.7 Å². The number of benzene rings is 1. The average molecular weight is 332 g/mol. The fraction of sp³-hybridized carbons (Fsp3) is 0.294. The minimum atomic E-state index is -0.934. The fourth-order valence-corrected chi connectivity index (χ4v) is 2.91. The number of carboxylic acids is 1. The van der Waals surface area contributed by atoms with Crippen molar-refractivity contribution >= 4 is 23.4 Å². The van der Waals surface area contributed by atoms with Crippen LogP contribution in [0, 0.1) is 0 Å². The standard InChI is InChI=1S/C17H18ClN3O2/c18-14-5-3-13(4-6-14)12-20-8-10-21(11-9-20)16-15(17(22)23)2-1-7-19-16/h1-7H,8-12H2,(H,22,23). The maximum Gasteiger partial charge on any atom is 0.339 e. The average Bonchev–Trinajstić information content (AvgIpc) is 2.58. The number of piperazine rings is 1. The molecule has 5 nitrogen and oxygen atoms in total. The number of hydrogen-bond acceptors (Lipinski definition) is 4. The van der Waals surface area contributed by atoms with Crippen molar-refractivity contribution in [2.45, 2.75) is 6.54 Å². The molecule has 3 rings (SSSR count). The molecule has 0 unspecified atom stereocenters. The monoisotopic (exact) mass is 331 g/mol. The Morgan fingerprint density at radius 3 is 2.48 bits per heavy atom. The van der Waals surface area contributed by atoms with Crippen LogP contribution in [0.4, 0.5) is 5.82 Å². The number of nitrogens with zero attached hydrogens (tertiary/aromatic N) is 3. The van der Waals surface area contributed by atoms with E-state index in [1.807, 2.05) is 29.2 Å². The van der Waals surface area contributed by atoms with Gasteiger partial charge in [-0.25, -0.2) is 9.78 Å². The molecule has 1 N–H and O–H groups in total. The third kappa shape index (κ3) is 3.81. The van der Waals surface area contributed by atoms with Crippen LogP contribution in [0.15, 0.2) is 42.6 Å². The van der Waals surface area contributed by atoms with Crippen molar-refractivity contribution < 1.29 is 9.90 Å². The summed E-state index contributed by atoms with van der Waals surface area (Å²) in [6.45, 7) is 4.16. The molecule has 2 aromatic rings. The van der Waals surface area contributed by atoms with Crippen LogP contribution in [0.25, 0.3) is 0 Å². The largest absolute Gasteiger partial charge is 0.478 e. The maximum absolute atomic E-state index is 11.3. The minimum Gasteiger partial charge on any atom is -0.478 e. The second-order valence-corrected chi connectivity index (χ2v) is 6.01. The molecular formula is C17H18ClN3O2. The smallest absolute Gasteiger partial charge is 0.339 e. The Morgan fingerprint density at radius 1 is 1.13 bits per heavy atom.